The number of hydrazine groups is 1. The van der Waals surface area contributed by atoms with Gasteiger partial charge in [-0.3, -0.25) is 10.2 Å². The Labute approximate surface area is 125 Å². The quantitative estimate of drug-likeness (QED) is 0.333. The van der Waals surface area contributed by atoms with Gasteiger partial charge in [0.05, 0.1) is 12.9 Å². The van der Waals surface area contributed by atoms with E-state index in [0.717, 1.165) is 11.8 Å². The van der Waals surface area contributed by atoms with Crippen LogP contribution in [-0.2, 0) is 4.79 Å². The molecule has 2 rings (SSSR count). The number of amides is 1. The molecule has 0 atom stereocenters. The number of benzene rings is 1. The molecule has 10 heteroatoms. The van der Waals surface area contributed by atoms with Crippen LogP contribution in [0.15, 0.2) is 29.4 Å². The smallest absolute Gasteiger partial charge is 0.258 e. The van der Waals surface area contributed by atoms with E-state index in [4.69, 9.17) is 16.4 Å². The molecule has 0 aliphatic rings. The van der Waals surface area contributed by atoms with Crippen LogP contribution in [0, 0.1) is 0 Å². The van der Waals surface area contributed by atoms with Crippen molar-refractivity contribution in [3.63, 3.8) is 0 Å². The van der Waals surface area contributed by atoms with Crippen LogP contribution in [-0.4, -0.2) is 33.6 Å². The van der Waals surface area contributed by atoms with Crippen LogP contribution < -0.4 is 27.2 Å². The molecule has 0 aliphatic carbocycles. The van der Waals surface area contributed by atoms with Crippen molar-refractivity contribution in [2.45, 2.75) is 5.16 Å². The summed E-state index contributed by atoms with van der Waals surface area (Å²) in [6, 6.07) is 7.08. The monoisotopic (exact) mass is 309 g/mol. The van der Waals surface area contributed by atoms with Crippen LogP contribution in [0.1, 0.15) is 0 Å². The highest BCUT2D eigenvalue weighted by atomic mass is 32.2. The Balaban J connectivity index is 1.91. The maximum Gasteiger partial charge on any atom is 0.258 e. The molecule has 0 saturated carbocycles. The van der Waals surface area contributed by atoms with Crippen molar-refractivity contribution in [1.82, 2.24) is 14.9 Å². The Kier molecular flexibility index (Phi) is 4.85. The second-order valence-corrected chi connectivity index (χ2v) is 4.83. The molecular weight excluding hydrogens is 294 g/mol. The molecule has 0 bridgehead atoms. The lowest BCUT2D eigenvalue weighted by molar-refractivity contribution is -0.113. The lowest BCUT2D eigenvalue weighted by Gasteiger charge is -2.06. The third kappa shape index (κ3) is 3.77. The zero-order valence-electron chi connectivity index (χ0n) is 11.2. The number of nitrogen functional groups attached to an aromatic ring is 2. The summed E-state index contributed by atoms with van der Waals surface area (Å²) >= 11 is 1.15. The number of aromatic nitrogens is 3. The highest BCUT2D eigenvalue weighted by Gasteiger charge is 2.11. The Morgan fingerprint density at radius 2 is 2.29 bits per heavy atom. The SMILES string of the molecule is COc1cccc(NC(=O)CSc2nnc(NN)n2N)c1. The largest absolute Gasteiger partial charge is 0.497 e. The van der Waals surface area contributed by atoms with Crippen molar-refractivity contribution in [3.05, 3.63) is 24.3 Å². The standard InChI is InChI=1S/C11H15N7O2S/c1-20-8-4-2-3-7(5-8)14-9(19)6-21-11-17-16-10(15-12)18(11)13/h2-5H,6,12-13H2,1H3,(H,14,19)(H,15,16). The van der Waals surface area contributed by atoms with Crippen molar-refractivity contribution < 1.29 is 9.53 Å². The van der Waals surface area contributed by atoms with Gasteiger partial charge in [-0.15, -0.1) is 10.2 Å². The van der Waals surface area contributed by atoms with Crippen LogP contribution in [0.2, 0.25) is 0 Å². The molecule has 0 unspecified atom stereocenters. The lowest BCUT2D eigenvalue weighted by atomic mass is 10.3. The highest BCUT2D eigenvalue weighted by molar-refractivity contribution is 7.99. The fourth-order valence-corrected chi connectivity index (χ4v) is 2.16. The molecule has 6 N–H and O–H groups in total. The van der Waals surface area contributed by atoms with Crippen molar-refractivity contribution >= 4 is 29.3 Å². The predicted octanol–water partition coefficient (Wildman–Crippen LogP) is 0.0169. The van der Waals surface area contributed by atoms with Crippen LogP contribution in [0.3, 0.4) is 0 Å². The maximum atomic E-state index is 11.9. The first kappa shape index (κ1) is 14.9. The summed E-state index contributed by atoms with van der Waals surface area (Å²) in [4.78, 5) is 11.9. The second kappa shape index (κ2) is 6.81. The van der Waals surface area contributed by atoms with Gasteiger partial charge < -0.3 is 15.9 Å². The molecule has 21 heavy (non-hydrogen) atoms. The van der Waals surface area contributed by atoms with E-state index in [2.05, 4.69) is 20.9 Å². The van der Waals surface area contributed by atoms with Crippen molar-refractivity contribution in [2.24, 2.45) is 5.84 Å². The molecule has 0 radical (unpaired) electrons. The Hall–Kier alpha value is -2.46. The van der Waals surface area contributed by atoms with E-state index in [1.807, 2.05) is 0 Å². The average molecular weight is 309 g/mol. The number of thioether (sulfide) groups is 1. The molecular formula is C11H15N7O2S. The Morgan fingerprint density at radius 1 is 1.48 bits per heavy atom. The van der Waals surface area contributed by atoms with E-state index in [9.17, 15) is 4.79 Å². The minimum absolute atomic E-state index is 0.136. The summed E-state index contributed by atoms with van der Waals surface area (Å²) in [5.74, 6) is 11.7. The molecule has 1 amide bonds. The number of methoxy groups -OCH3 is 1. The van der Waals surface area contributed by atoms with Gasteiger partial charge in [-0.25, -0.2) is 10.5 Å². The maximum absolute atomic E-state index is 11.9. The van der Waals surface area contributed by atoms with Gasteiger partial charge in [0.25, 0.3) is 5.95 Å². The molecule has 2 aromatic rings. The third-order valence-electron chi connectivity index (χ3n) is 2.48. The number of carbonyl (C=O) groups is 1. The molecule has 9 nitrogen and oxygen atoms in total. The van der Waals surface area contributed by atoms with E-state index in [1.54, 1.807) is 31.4 Å². The first-order valence-electron chi connectivity index (χ1n) is 5.88. The lowest BCUT2D eigenvalue weighted by Crippen LogP contribution is -2.19. The number of rotatable bonds is 6. The van der Waals surface area contributed by atoms with E-state index in [-0.39, 0.29) is 17.6 Å². The number of hydrogen-bond acceptors (Lipinski definition) is 8. The third-order valence-corrected chi connectivity index (χ3v) is 3.42. The molecule has 0 saturated heterocycles. The normalized spacial score (nSPS) is 10.2. The van der Waals surface area contributed by atoms with Gasteiger partial charge in [0.15, 0.2) is 0 Å². The molecule has 1 aromatic carbocycles. The van der Waals surface area contributed by atoms with E-state index in [0.29, 0.717) is 16.6 Å². The minimum Gasteiger partial charge on any atom is -0.497 e. The zero-order valence-corrected chi connectivity index (χ0v) is 12.1. The number of nitrogens with two attached hydrogens (primary N) is 2. The number of hydrogen-bond donors (Lipinski definition) is 4. The van der Waals surface area contributed by atoms with Crippen molar-refractivity contribution in [1.29, 1.82) is 0 Å². The summed E-state index contributed by atoms with van der Waals surface area (Å²) in [6.45, 7) is 0. The van der Waals surface area contributed by atoms with Gasteiger partial charge in [-0.2, -0.15) is 0 Å². The predicted molar refractivity (Wildman–Crippen MR) is 80.3 cm³/mol. The molecule has 0 aliphatic heterocycles. The summed E-state index contributed by atoms with van der Waals surface area (Å²) in [5.41, 5.74) is 2.94. The number of anilines is 2. The van der Waals surface area contributed by atoms with Gasteiger partial charge in [-0.1, -0.05) is 17.8 Å². The van der Waals surface area contributed by atoms with E-state index in [1.165, 1.54) is 4.68 Å². The van der Waals surface area contributed by atoms with Crippen LogP contribution in [0.25, 0.3) is 0 Å². The van der Waals surface area contributed by atoms with Gasteiger partial charge in [0.1, 0.15) is 5.75 Å². The van der Waals surface area contributed by atoms with Crippen molar-refractivity contribution in [2.75, 3.05) is 29.4 Å². The number of ether oxygens (including phenoxy) is 1. The summed E-state index contributed by atoms with van der Waals surface area (Å²) < 4.78 is 6.25. The fourth-order valence-electron chi connectivity index (χ4n) is 1.50. The van der Waals surface area contributed by atoms with Gasteiger partial charge >= 0.3 is 0 Å². The molecule has 1 heterocycles. The molecule has 112 valence electrons. The molecule has 0 fully saturated rings. The van der Waals surface area contributed by atoms with Crippen LogP contribution in [0.5, 0.6) is 5.75 Å². The number of carbonyl (C=O) groups excluding carboxylic acids is 1. The summed E-state index contributed by atoms with van der Waals surface area (Å²) in [7, 11) is 1.56. The summed E-state index contributed by atoms with van der Waals surface area (Å²) in [5, 5.41) is 10.6. The molecule has 0 spiro atoms. The van der Waals surface area contributed by atoms with Crippen molar-refractivity contribution in [3.8, 4) is 5.75 Å². The first-order valence-corrected chi connectivity index (χ1v) is 6.86. The molecule has 1 aromatic heterocycles. The Morgan fingerprint density at radius 3 is 2.95 bits per heavy atom. The van der Waals surface area contributed by atoms with E-state index >= 15 is 0 Å². The van der Waals surface area contributed by atoms with E-state index < -0.39 is 0 Å². The average Bonchev–Trinajstić information content (AvgIpc) is 2.85. The summed E-state index contributed by atoms with van der Waals surface area (Å²) in [6.07, 6.45) is 0. The highest BCUT2D eigenvalue weighted by Crippen LogP contribution is 2.19. The number of nitrogens with one attached hydrogen (secondary N) is 2. The zero-order chi connectivity index (χ0) is 15.2. The second-order valence-electron chi connectivity index (χ2n) is 3.89. The van der Waals surface area contributed by atoms with Crippen LogP contribution >= 0.6 is 11.8 Å². The van der Waals surface area contributed by atoms with Gasteiger partial charge in [0, 0.05) is 11.8 Å². The topological polar surface area (TPSA) is 133 Å². The first-order chi connectivity index (χ1) is 10.1. The number of nitrogens with zero attached hydrogens (tertiary/aromatic N) is 3. The minimum atomic E-state index is -0.196. The fraction of sp³-hybridized carbons (Fsp3) is 0.182. The van der Waals surface area contributed by atoms with Gasteiger partial charge in [0.2, 0.25) is 11.1 Å². The van der Waals surface area contributed by atoms with Gasteiger partial charge in [-0.05, 0) is 12.1 Å². The Bertz CT molecular complexity index is 631. The van der Waals surface area contributed by atoms with Crippen LogP contribution in [0.4, 0.5) is 11.6 Å².